The third-order valence-corrected chi connectivity index (χ3v) is 11.4. The van der Waals surface area contributed by atoms with Gasteiger partial charge in [-0.05, 0) is 30.0 Å². The number of imidazole rings is 1. The highest BCUT2D eigenvalue weighted by molar-refractivity contribution is 6.79. The van der Waals surface area contributed by atoms with Gasteiger partial charge in [0.15, 0.2) is 0 Å². The summed E-state index contributed by atoms with van der Waals surface area (Å²) in [5.41, 5.74) is 7.75. The van der Waals surface area contributed by atoms with E-state index in [4.69, 9.17) is 25.5 Å². The smallest absolute Gasteiger partial charge is 0.355 e. The Bertz CT molecular complexity index is 1530. The van der Waals surface area contributed by atoms with Gasteiger partial charge in [-0.2, -0.15) is 5.26 Å². The minimum atomic E-state index is -2.38. The number of cyclic esters (lactones) is 1. The zero-order chi connectivity index (χ0) is 27.2. The number of ether oxygens (including phenoxy) is 2. The number of benzene rings is 1. The Morgan fingerprint density at radius 3 is 2.87 bits per heavy atom. The number of nitrogens with zero attached hydrogens (tertiary/aromatic N) is 3. The van der Waals surface area contributed by atoms with Crippen LogP contribution in [0.2, 0.25) is 19.1 Å². The van der Waals surface area contributed by atoms with Gasteiger partial charge >= 0.3 is 11.9 Å². The van der Waals surface area contributed by atoms with Crippen LogP contribution in [-0.2, 0) is 32.0 Å². The predicted octanol–water partition coefficient (Wildman–Crippen LogP) is 1.72. The average Bonchev–Trinajstić information content (AvgIpc) is 3.26. The number of unbranched alkanes of at least 4 members (excludes halogenated alkanes) is 1. The molecule has 0 radical (unpaired) electrons. The Labute approximate surface area is 221 Å². The minimum absolute atomic E-state index is 0.00719. The van der Waals surface area contributed by atoms with Gasteiger partial charge in [-0.15, -0.1) is 0 Å². The maximum Gasteiger partial charge on any atom is 0.355 e. The second kappa shape index (κ2) is 9.56. The topological polar surface area (TPSA) is 140 Å². The molecule has 1 aromatic heterocycles. The molecule has 0 spiro atoms. The molecule has 0 bridgehead atoms. The number of rotatable bonds is 7. The number of hydrogen-bond acceptors (Lipinski definition) is 8. The first-order chi connectivity index (χ1) is 18.2. The van der Waals surface area contributed by atoms with E-state index < -0.39 is 31.3 Å². The molecule has 5 rings (SSSR count). The van der Waals surface area contributed by atoms with Crippen LogP contribution in [0.5, 0.6) is 0 Å². The van der Waals surface area contributed by atoms with Crippen LogP contribution in [0.25, 0.3) is 11.8 Å². The van der Waals surface area contributed by atoms with Crippen LogP contribution >= 0.6 is 0 Å². The lowest BCUT2D eigenvalue weighted by atomic mass is 9.79. The van der Waals surface area contributed by atoms with Gasteiger partial charge in [0.2, 0.25) is 5.60 Å². The van der Waals surface area contributed by atoms with Gasteiger partial charge in [-0.3, -0.25) is 4.79 Å². The molecule has 2 unspecified atom stereocenters. The molecule has 0 saturated carbocycles. The third-order valence-electron chi connectivity index (χ3n) is 7.96. The van der Waals surface area contributed by atoms with Crippen molar-refractivity contribution < 1.29 is 24.2 Å². The van der Waals surface area contributed by atoms with E-state index in [1.54, 1.807) is 6.92 Å². The molecule has 1 aliphatic carbocycles. The van der Waals surface area contributed by atoms with Crippen LogP contribution in [0.3, 0.4) is 0 Å². The number of aliphatic hydroxyl groups excluding tert-OH is 1. The monoisotopic (exact) mass is 532 g/mol. The molecule has 3 aliphatic rings. The summed E-state index contributed by atoms with van der Waals surface area (Å²) in [6.07, 6.45) is 3.44. The lowest BCUT2D eigenvalue weighted by Gasteiger charge is -2.45. The first kappa shape index (κ1) is 25.9. The van der Waals surface area contributed by atoms with Gasteiger partial charge in [-0.25, -0.2) is 9.78 Å². The molecular formula is C28H32N4O5Si. The maximum atomic E-state index is 13.7. The molecule has 0 amide bonds. The van der Waals surface area contributed by atoms with E-state index in [0.717, 1.165) is 22.7 Å². The normalized spacial score (nSPS) is 21.8. The molecule has 3 N–H and O–H groups in total. The molecule has 2 aliphatic heterocycles. The Morgan fingerprint density at radius 1 is 1.39 bits per heavy atom. The number of fused-ring (bicyclic) bond motifs is 4. The molecule has 10 heteroatoms. The van der Waals surface area contributed by atoms with Crippen LogP contribution in [0.4, 0.5) is 0 Å². The summed E-state index contributed by atoms with van der Waals surface area (Å²) in [6.45, 7) is 6.10. The van der Waals surface area contributed by atoms with Crippen LogP contribution < -0.4 is 16.6 Å². The molecule has 0 saturated heterocycles. The van der Waals surface area contributed by atoms with Crippen molar-refractivity contribution in [2.45, 2.75) is 69.6 Å². The fraction of sp³-hybridized carbons (Fsp3) is 0.429. The largest absolute Gasteiger partial charge is 0.505 e. The van der Waals surface area contributed by atoms with Gasteiger partial charge < -0.3 is 24.9 Å². The van der Waals surface area contributed by atoms with Crippen molar-refractivity contribution in [3.63, 3.8) is 0 Å². The highest BCUT2D eigenvalue weighted by Crippen LogP contribution is 2.44. The van der Waals surface area contributed by atoms with Crippen molar-refractivity contribution in [2.75, 3.05) is 6.54 Å². The van der Waals surface area contributed by atoms with Gasteiger partial charge in [0.25, 0.3) is 0 Å². The fourth-order valence-corrected chi connectivity index (χ4v) is 8.81. The number of nitriles is 1. The van der Waals surface area contributed by atoms with Gasteiger partial charge in [-0.1, -0.05) is 50.3 Å². The van der Waals surface area contributed by atoms with Crippen molar-refractivity contribution in [1.82, 2.24) is 9.55 Å². The predicted molar refractivity (Wildman–Crippen MR) is 143 cm³/mol. The first-order valence-corrected chi connectivity index (χ1v) is 16.3. The molecule has 3 heterocycles. The van der Waals surface area contributed by atoms with E-state index in [0.29, 0.717) is 41.6 Å². The van der Waals surface area contributed by atoms with Crippen molar-refractivity contribution in [3.8, 4) is 6.07 Å². The van der Waals surface area contributed by atoms with Crippen LogP contribution in [-0.4, -0.2) is 52.5 Å². The summed E-state index contributed by atoms with van der Waals surface area (Å²) in [4.78, 5) is 31.0. The molecule has 198 valence electrons. The average molecular weight is 533 g/mol. The fourth-order valence-electron chi connectivity index (χ4n) is 5.94. The Kier molecular flexibility index (Phi) is 6.53. The first-order valence-electron chi connectivity index (χ1n) is 13.0. The van der Waals surface area contributed by atoms with Crippen LogP contribution in [0, 0.1) is 11.3 Å². The third kappa shape index (κ3) is 3.97. The highest BCUT2D eigenvalue weighted by Gasteiger charge is 2.57. The maximum absolute atomic E-state index is 13.7. The van der Waals surface area contributed by atoms with Gasteiger partial charge in [0.05, 0.1) is 24.9 Å². The van der Waals surface area contributed by atoms with E-state index in [9.17, 15) is 14.7 Å². The minimum Gasteiger partial charge on any atom is -0.505 e. The lowest BCUT2D eigenvalue weighted by Crippen LogP contribution is -2.59. The summed E-state index contributed by atoms with van der Waals surface area (Å²) in [5, 5.41) is 21.6. The molecule has 1 aromatic carbocycles. The second-order valence-electron chi connectivity index (χ2n) is 10.8. The summed E-state index contributed by atoms with van der Waals surface area (Å²) in [5.74, 6) is -1.36. The summed E-state index contributed by atoms with van der Waals surface area (Å²) in [6, 6.07) is 11.0. The zero-order valence-corrected chi connectivity index (χ0v) is 22.9. The molecule has 9 nitrogen and oxygen atoms in total. The Hall–Kier alpha value is -3.68. The van der Waals surface area contributed by atoms with E-state index in [2.05, 4.69) is 25.2 Å². The summed E-state index contributed by atoms with van der Waals surface area (Å²) in [7, 11) is -2.38. The quantitative estimate of drug-likeness (QED) is 0.266. The number of nitrogens with two attached hydrogens (primary N) is 1. The van der Waals surface area contributed by atoms with Gasteiger partial charge in [0.1, 0.15) is 30.4 Å². The number of esters is 2. The molecule has 38 heavy (non-hydrogen) atoms. The van der Waals surface area contributed by atoms with Crippen LogP contribution in [0.15, 0.2) is 35.4 Å². The van der Waals surface area contributed by atoms with E-state index in [-0.39, 0.29) is 25.1 Å². The Balaban J connectivity index is 1.74. The van der Waals surface area contributed by atoms with E-state index in [1.165, 1.54) is 0 Å². The Morgan fingerprint density at radius 2 is 2.16 bits per heavy atom. The number of carbonyl (C=O) groups excluding carboxylic acids is 2. The summed E-state index contributed by atoms with van der Waals surface area (Å²) < 4.78 is 13.8. The van der Waals surface area contributed by atoms with Gasteiger partial charge in [0, 0.05) is 24.0 Å². The van der Waals surface area contributed by atoms with Crippen molar-refractivity contribution in [3.05, 3.63) is 63.1 Å². The standard InChI is InChI=1S/C28H32N4O5Si/c1-4-28(37-22(33)15-30)19-14-20-24(32-16-18-10-6-5-9-17(18)13-21(32)31-20)25(34)23(19)26(36-27(28)35)38(2,3)12-8-7-11-29/h5-6,9-10,13,26,34H,4,7-8,12,14-16,30H2,1-3H3. The van der Waals surface area contributed by atoms with E-state index >= 15 is 0 Å². The lowest BCUT2D eigenvalue weighted by molar-refractivity contribution is -0.181. The van der Waals surface area contributed by atoms with Crippen LogP contribution in [0.1, 0.15) is 43.0 Å². The number of aliphatic hydroxyl groups is 1. The van der Waals surface area contributed by atoms with Crippen molar-refractivity contribution in [2.24, 2.45) is 5.73 Å². The molecular weight excluding hydrogens is 500 g/mol. The number of carbonyl (C=O) groups is 2. The second-order valence-corrected chi connectivity index (χ2v) is 15.8. The molecule has 2 atom stereocenters. The molecule has 2 aromatic rings. The highest BCUT2D eigenvalue weighted by atomic mass is 28.3. The zero-order valence-electron chi connectivity index (χ0n) is 21.9. The van der Waals surface area contributed by atoms with Crippen molar-refractivity contribution in [1.29, 1.82) is 5.26 Å². The SMILES string of the molecule is CCC1(OC(=O)CN)C(=O)OC([Si](C)(C)CCCC#N)C2=C1Cc1nc3n(c1=C2O)Cc1ccccc1C=3. The van der Waals surface area contributed by atoms with E-state index in [1.807, 2.05) is 28.8 Å². The molecule has 0 fully saturated rings. The number of aromatic nitrogens is 2. The number of hydrogen-bond donors (Lipinski definition) is 2. The summed E-state index contributed by atoms with van der Waals surface area (Å²) >= 11 is 0. The van der Waals surface area contributed by atoms with Crippen molar-refractivity contribution >= 4 is 31.8 Å².